The number of hydrogen-bond acceptors (Lipinski definition) is 2. The van der Waals surface area contributed by atoms with Crippen molar-refractivity contribution < 1.29 is 14.9 Å². The molecule has 0 fully saturated rings. The first-order valence-electron chi connectivity index (χ1n) is 4.38. The van der Waals surface area contributed by atoms with Gasteiger partial charge in [-0.25, -0.2) is 0 Å². The van der Waals surface area contributed by atoms with Gasteiger partial charge >= 0.3 is 0 Å². The van der Waals surface area contributed by atoms with Gasteiger partial charge in [0, 0.05) is 0 Å². The van der Waals surface area contributed by atoms with Crippen molar-refractivity contribution in [2.75, 3.05) is 13.7 Å². The summed E-state index contributed by atoms with van der Waals surface area (Å²) in [5.74, 6) is 1.60. The van der Waals surface area contributed by atoms with Gasteiger partial charge in [0.1, 0.15) is 0 Å². The van der Waals surface area contributed by atoms with E-state index >= 15 is 0 Å². The van der Waals surface area contributed by atoms with Crippen molar-refractivity contribution in [2.24, 2.45) is 5.73 Å². The summed E-state index contributed by atoms with van der Waals surface area (Å²) < 4.78 is 10.5. The van der Waals surface area contributed by atoms with Crippen LogP contribution in [0.15, 0.2) is 18.2 Å². The average molecular weight is 195 g/mol. The Bertz CT molecular complexity index is 337. The van der Waals surface area contributed by atoms with Crippen LogP contribution in [-0.2, 0) is 0 Å². The lowest BCUT2D eigenvalue weighted by Crippen LogP contribution is -2.46. The maximum atomic E-state index is 5.46. The number of nitrogens with two attached hydrogens (primary N) is 2. The van der Waals surface area contributed by atoms with Crippen LogP contribution in [0.3, 0.4) is 0 Å². The van der Waals surface area contributed by atoms with E-state index in [1.807, 2.05) is 6.92 Å². The van der Waals surface area contributed by atoms with E-state index < -0.39 is 0 Å². The maximum absolute atomic E-state index is 5.46. The molecule has 4 N–H and O–H groups in total. The van der Waals surface area contributed by atoms with Crippen LogP contribution in [0.25, 0.3) is 0 Å². The summed E-state index contributed by atoms with van der Waals surface area (Å²) in [4.78, 5) is 0. The summed E-state index contributed by atoms with van der Waals surface area (Å²) in [5, 5.41) is 5.46. The van der Waals surface area contributed by atoms with Gasteiger partial charge in [-0.1, -0.05) is 0 Å². The van der Waals surface area contributed by atoms with Gasteiger partial charge in [0.15, 0.2) is 11.5 Å². The highest BCUT2D eigenvalue weighted by atomic mass is 16.5. The van der Waals surface area contributed by atoms with E-state index in [0.29, 0.717) is 18.1 Å². The molecule has 0 bridgehead atoms. The smallest absolute Gasteiger partial charge is 0.270 e. The number of methoxy groups -OCH3 is 1. The van der Waals surface area contributed by atoms with E-state index in [-0.39, 0.29) is 5.84 Å². The summed E-state index contributed by atoms with van der Waals surface area (Å²) in [6, 6.07) is 5.33. The van der Waals surface area contributed by atoms with Crippen LogP contribution >= 0.6 is 0 Å². The quantitative estimate of drug-likeness (QED) is 0.505. The molecule has 1 rings (SSSR count). The van der Waals surface area contributed by atoms with Crippen molar-refractivity contribution in [3.8, 4) is 11.5 Å². The number of ether oxygens (including phenoxy) is 2. The molecule has 0 aromatic heterocycles. The van der Waals surface area contributed by atoms with E-state index in [9.17, 15) is 0 Å². The minimum Gasteiger partial charge on any atom is -0.493 e. The fourth-order valence-electron chi connectivity index (χ4n) is 1.12. The van der Waals surface area contributed by atoms with Crippen molar-refractivity contribution in [1.82, 2.24) is 0 Å². The third-order valence-corrected chi connectivity index (χ3v) is 1.80. The zero-order chi connectivity index (χ0) is 10.6. The third kappa shape index (κ3) is 2.16. The molecule has 0 aliphatic heterocycles. The zero-order valence-electron chi connectivity index (χ0n) is 8.41. The molecule has 0 unspecified atom stereocenters. The SMILES string of the molecule is CCOc1ccc(C(N)=[NH2+])cc1OC. The van der Waals surface area contributed by atoms with Gasteiger partial charge in [-0.3, -0.25) is 11.1 Å². The molecule has 0 atom stereocenters. The minimum atomic E-state index is 0.270. The second-order valence-electron chi connectivity index (χ2n) is 2.75. The molecule has 76 valence electrons. The molecule has 0 aliphatic carbocycles. The largest absolute Gasteiger partial charge is 0.493 e. The van der Waals surface area contributed by atoms with Gasteiger partial charge in [-0.2, -0.15) is 0 Å². The third-order valence-electron chi connectivity index (χ3n) is 1.80. The van der Waals surface area contributed by atoms with Gasteiger partial charge in [0.2, 0.25) is 0 Å². The molecule has 0 heterocycles. The highest BCUT2D eigenvalue weighted by molar-refractivity contribution is 5.93. The Morgan fingerprint density at radius 2 is 2.14 bits per heavy atom. The van der Waals surface area contributed by atoms with E-state index in [1.165, 1.54) is 0 Å². The first-order chi connectivity index (χ1) is 6.69. The van der Waals surface area contributed by atoms with Gasteiger partial charge in [-0.05, 0) is 25.1 Å². The number of hydrogen-bond donors (Lipinski definition) is 2. The predicted molar refractivity (Wildman–Crippen MR) is 54.4 cm³/mol. The number of rotatable bonds is 4. The lowest BCUT2D eigenvalue weighted by molar-refractivity contribution is -0.114. The van der Waals surface area contributed by atoms with Gasteiger partial charge in [0.05, 0.1) is 19.3 Å². The van der Waals surface area contributed by atoms with Crippen molar-refractivity contribution >= 4 is 5.84 Å². The highest BCUT2D eigenvalue weighted by Crippen LogP contribution is 2.27. The first kappa shape index (κ1) is 10.4. The summed E-state index contributed by atoms with van der Waals surface area (Å²) in [7, 11) is 1.58. The van der Waals surface area contributed by atoms with Crippen LogP contribution in [0.2, 0.25) is 0 Å². The minimum absolute atomic E-state index is 0.270. The van der Waals surface area contributed by atoms with E-state index in [4.69, 9.17) is 20.6 Å². The molecule has 0 spiro atoms. The fourth-order valence-corrected chi connectivity index (χ4v) is 1.12. The highest BCUT2D eigenvalue weighted by Gasteiger charge is 2.08. The molecule has 4 heteroatoms. The van der Waals surface area contributed by atoms with E-state index in [0.717, 1.165) is 5.56 Å². The fraction of sp³-hybridized carbons (Fsp3) is 0.300. The lowest BCUT2D eigenvalue weighted by Gasteiger charge is -2.09. The molecule has 4 nitrogen and oxygen atoms in total. The van der Waals surface area contributed by atoms with E-state index in [2.05, 4.69) is 0 Å². The van der Waals surface area contributed by atoms with Crippen molar-refractivity contribution in [3.05, 3.63) is 23.8 Å². The lowest BCUT2D eigenvalue weighted by atomic mass is 10.2. The molecule has 0 radical (unpaired) electrons. The Kier molecular flexibility index (Phi) is 3.34. The Labute approximate surface area is 83.1 Å². The van der Waals surface area contributed by atoms with Crippen LogP contribution < -0.4 is 20.6 Å². The summed E-state index contributed by atoms with van der Waals surface area (Å²) in [5.41, 5.74) is 6.20. The van der Waals surface area contributed by atoms with Crippen LogP contribution in [0, 0.1) is 0 Å². The standard InChI is InChI=1S/C10H14N2O2/c1-3-14-8-5-4-7(10(11)12)6-9(8)13-2/h4-6H,3H2,1-2H3,(H3,11,12)/p+1. The Hall–Kier alpha value is -1.71. The second-order valence-corrected chi connectivity index (χ2v) is 2.75. The molecular weight excluding hydrogens is 180 g/mol. The van der Waals surface area contributed by atoms with Crippen LogP contribution in [-0.4, -0.2) is 19.6 Å². The Balaban J connectivity index is 3.04. The molecule has 0 saturated heterocycles. The predicted octanol–water partition coefficient (Wildman–Crippen LogP) is -0.442. The normalized spacial score (nSPS) is 9.57. The number of amidine groups is 1. The maximum Gasteiger partial charge on any atom is 0.270 e. The van der Waals surface area contributed by atoms with Gasteiger partial charge < -0.3 is 9.47 Å². The summed E-state index contributed by atoms with van der Waals surface area (Å²) in [6.45, 7) is 2.51. The van der Waals surface area contributed by atoms with Gasteiger partial charge in [-0.15, -0.1) is 0 Å². The molecule has 14 heavy (non-hydrogen) atoms. The van der Waals surface area contributed by atoms with E-state index in [1.54, 1.807) is 25.3 Å². The summed E-state index contributed by atoms with van der Waals surface area (Å²) in [6.07, 6.45) is 0. The van der Waals surface area contributed by atoms with Crippen LogP contribution in [0.1, 0.15) is 12.5 Å². The van der Waals surface area contributed by atoms with Crippen molar-refractivity contribution in [2.45, 2.75) is 6.92 Å². The molecule has 0 amide bonds. The van der Waals surface area contributed by atoms with Crippen LogP contribution in [0.4, 0.5) is 0 Å². The van der Waals surface area contributed by atoms with Crippen molar-refractivity contribution in [3.63, 3.8) is 0 Å². The molecular formula is C10H15N2O2+. The second kappa shape index (κ2) is 4.50. The Morgan fingerprint density at radius 3 is 2.64 bits per heavy atom. The molecule has 1 aromatic carbocycles. The molecule has 0 aliphatic rings. The Morgan fingerprint density at radius 1 is 1.43 bits per heavy atom. The molecule has 0 saturated carbocycles. The van der Waals surface area contributed by atoms with Crippen LogP contribution in [0.5, 0.6) is 11.5 Å². The van der Waals surface area contributed by atoms with Crippen molar-refractivity contribution in [1.29, 1.82) is 0 Å². The monoisotopic (exact) mass is 195 g/mol. The summed E-state index contributed by atoms with van der Waals surface area (Å²) >= 11 is 0. The average Bonchev–Trinajstić information content (AvgIpc) is 2.18. The van der Waals surface area contributed by atoms with Gasteiger partial charge in [0.25, 0.3) is 5.84 Å². The zero-order valence-corrected chi connectivity index (χ0v) is 8.41. The topological polar surface area (TPSA) is 70.1 Å². The molecule has 1 aromatic rings. The first-order valence-corrected chi connectivity index (χ1v) is 4.38. The number of benzene rings is 1.